The first-order chi connectivity index (χ1) is 9.28. The highest BCUT2D eigenvalue weighted by Gasteiger charge is 2.11. The molecule has 1 aromatic carbocycles. The molecule has 2 rings (SSSR count). The molecular weight excluding hydrogens is 260 g/mol. The molecule has 2 aromatic rings. The van der Waals surface area contributed by atoms with E-state index in [1.807, 2.05) is 19.2 Å². The molecule has 5 heteroatoms. The van der Waals surface area contributed by atoms with Crippen LogP contribution in [-0.2, 0) is 0 Å². The molecule has 0 saturated carbocycles. The van der Waals surface area contributed by atoms with Gasteiger partial charge in [0.2, 0.25) is 0 Å². The van der Waals surface area contributed by atoms with E-state index in [9.17, 15) is 0 Å². The Morgan fingerprint density at radius 1 is 1.11 bits per heavy atom. The van der Waals surface area contributed by atoms with Crippen LogP contribution in [0.5, 0.6) is 11.5 Å². The molecule has 1 N–H and O–H groups in total. The van der Waals surface area contributed by atoms with Crippen molar-refractivity contribution in [2.75, 3.05) is 25.6 Å². The largest absolute Gasteiger partial charge is 0.490 e. The Morgan fingerprint density at radius 2 is 1.74 bits per heavy atom. The highest BCUT2D eigenvalue weighted by molar-refractivity contribution is 7.22. The van der Waals surface area contributed by atoms with Gasteiger partial charge in [-0.1, -0.05) is 25.2 Å². The van der Waals surface area contributed by atoms with Crippen LogP contribution in [-0.4, -0.2) is 25.2 Å². The summed E-state index contributed by atoms with van der Waals surface area (Å²) in [6, 6.07) is 3.99. The number of hydrogen-bond donors (Lipinski definition) is 1. The van der Waals surface area contributed by atoms with Crippen molar-refractivity contribution in [1.82, 2.24) is 4.98 Å². The molecular formula is C14H20N2O2S. The number of anilines is 1. The van der Waals surface area contributed by atoms with Crippen LogP contribution in [0.3, 0.4) is 0 Å². The minimum absolute atomic E-state index is 0.691. The molecule has 0 atom stereocenters. The average Bonchev–Trinajstić information content (AvgIpc) is 2.84. The third-order valence-electron chi connectivity index (χ3n) is 2.59. The van der Waals surface area contributed by atoms with Crippen LogP contribution in [0.15, 0.2) is 12.1 Å². The second-order valence-corrected chi connectivity index (χ2v) is 5.26. The zero-order chi connectivity index (χ0) is 13.7. The van der Waals surface area contributed by atoms with Crippen molar-refractivity contribution in [3.8, 4) is 11.5 Å². The normalized spacial score (nSPS) is 10.7. The number of rotatable bonds is 7. The van der Waals surface area contributed by atoms with Crippen molar-refractivity contribution in [2.24, 2.45) is 0 Å². The topological polar surface area (TPSA) is 43.4 Å². The first-order valence-corrected chi connectivity index (χ1v) is 7.48. The molecule has 0 saturated heterocycles. The summed E-state index contributed by atoms with van der Waals surface area (Å²) in [4.78, 5) is 4.49. The molecule has 0 aliphatic rings. The van der Waals surface area contributed by atoms with Gasteiger partial charge in [-0.25, -0.2) is 4.98 Å². The van der Waals surface area contributed by atoms with E-state index in [-0.39, 0.29) is 0 Å². The van der Waals surface area contributed by atoms with Gasteiger partial charge in [-0.05, 0) is 12.8 Å². The Balaban J connectivity index is 2.35. The van der Waals surface area contributed by atoms with E-state index in [4.69, 9.17) is 9.47 Å². The fourth-order valence-electron chi connectivity index (χ4n) is 1.69. The summed E-state index contributed by atoms with van der Waals surface area (Å²) in [5.41, 5.74) is 0.948. The summed E-state index contributed by atoms with van der Waals surface area (Å²) in [6.45, 7) is 5.58. The lowest BCUT2D eigenvalue weighted by molar-refractivity contribution is 0.269. The van der Waals surface area contributed by atoms with Crippen molar-refractivity contribution in [3.63, 3.8) is 0 Å². The fraction of sp³-hybridized carbons (Fsp3) is 0.500. The summed E-state index contributed by atoms with van der Waals surface area (Å²) in [6.07, 6.45) is 1.96. The van der Waals surface area contributed by atoms with Gasteiger partial charge in [-0.2, -0.15) is 0 Å². The second kappa shape index (κ2) is 6.61. The first kappa shape index (κ1) is 13.9. The Bertz CT molecular complexity index is 494. The van der Waals surface area contributed by atoms with E-state index >= 15 is 0 Å². The lowest BCUT2D eigenvalue weighted by Crippen LogP contribution is -2.01. The second-order valence-electron chi connectivity index (χ2n) is 4.23. The van der Waals surface area contributed by atoms with Gasteiger partial charge in [0.15, 0.2) is 16.6 Å². The summed E-state index contributed by atoms with van der Waals surface area (Å²) in [5, 5.41) is 3.97. The molecule has 19 heavy (non-hydrogen) atoms. The molecule has 0 amide bonds. The average molecular weight is 280 g/mol. The van der Waals surface area contributed by atoms with Crippen LogP contribution in [0.4, 0.5) is 5.13 Å². The number of hydrogen-bond acceptors (Lipinski definition) is 5. The molecule has 0 bridgehead atoms. The molecule has 4 nitrogen and oxygen atoms in total. The first-order valence-electron chi connectivity index (χ1n) is 6.66. The van der Waals surface area contributed by atoms with E-state index in [0.29, 0.717) is 13.2 Å². The van der Waals surface area contributed by atoms with Crippen molar-refractivity contribution >= 4 is 26.7 Å². The number of thiazole rings is 1. The van der Waals surface area contributed by atoms with Gasteiger partial charge in [0.25, 0.3) is 0 Å². The Morgan fingerprint density at radius 3 is 2.32 bits per heavy atom. The van der Waals surface area contributed by atoms with Gasteiger partial charge in [0.1, 0.15) is 0 Å². The smallest absolute Gasteiger partial charge is 0.183 e. The van der Waals surface area contributed by atoms with E-state index in [1.54, 1.807) is 11.3 Å². The minimum Gasteiger partial charge on any atom is -0.490 e. The number of aromatic nitrogens is 1. The molecule has 0 aliphatic heterocycles. The summed E-state index contributed by atoms with van der Waals surface area (Å²) < 4.78 is 12.6. The molecule has 0 spiro atoms. The lowest BCUT2D eigenvalue weighted by Gasteiger charge is -2.11. The quantitative estimate of drug-likeness (QED) is 0.835. The van der Waals surface area contributed by atoms with Gasteiger partial charge in [-0.3, -0.25) is 0 Å². The Hall–Kier alpha value is -1.49. The molecule has 1 heterocycles. The molecule has 0 radical (unpaired) electrons. The maximum atomic E-state index is 5.77. The highest BCUT2D eigenvalue weighted by atomic mass is 32.1. The van der Waals surface area contributed by atoms with Crippen LogP contribution in [0.25, 0.3) is 10.2 Å². The zero-order valence-electron chi connectivity index (χ0n) is 11.7. The van der Waals surface area contributed by atoms with Crippen molar-refractivity contribution in [2.45, 2.75) is 26.7 Å². The van der Waals surface area contributed by atoms with Crippen molar-refractivity contribution in [1.29, 1.82) is 0 Å². The van der Waals surface area contributed by atoms with Gasteiger partial charge in [-0.15, -0.1) is 0 Å². The molecule has 0 fully saturated rings. The third kappa shape index (κ3) is 3.29. The van der Waals surface area contributed by atoms with Crippen molar-refractivity contribution in [3.05, 3.63) is 12.1 Å². The fourth-order valence-corrected chi connectivity index (χ4v) is 2.52. The molecule has 104 valence electrons. The zero-order valence-corrected chi connectivity index (χ0v) is 12.5. The van der Waals surface area contributed by atoms with Gasteiger partial charge in [0, 0.05) is 19.2 Å². The molecule has 1 aromatic heterocycles. The van der Waals surface area contributed by atoms with E-state index in [2.05, 4.69) is 24.1 Å². The lowest BCUT2D eigenvalue weighted by atomic mass is 10.3. The predicted molar refractivity (Wildman–Crippen MR) is 80.7 cm³/mol. The van der Waals surface area contributed by atoms with Gasteiger partial charge >= 0.3 is 0 Å². The number of ether oxygens (including phenoxy) is 2. The third-order valence-corrected chi connectivity index (χ3v) is 3.63. The van der Waals surface area contributed by atoms with E-state index in [0.717, 1.165) is 39.7 Å². The maximum absolute atomic E-state index is 5.77. The van der Waals surface area contributed by atoms with Crippen LogP contribution in [0.1, 0.15) is 26.7 Å². The predicted octanol–water partition coefficient (Wildman–Crippen LogP) is 3.92. The Labute approximate surface area is 117 Å². The highest BCUT2D eigenvalue weighted by Crippen LogP contribution is 2.36. The number of fused-ring (bicyclic) bond motifs is 1. The van der Waals surface area contributed by atoms with Crippen molar-refractivity contribution < 1.29 is 9.47 Å². The van der Waals surface area contributed by atoms with Crippen LogP contribution in [0, 0.1) is 0 Å². The number of nitrogens with zero attached hydrogens (tertiary/aromatic N) is 1. The van der Waals surface area contributed by atoms with Gasteiger partial charge < -0.3 is 14.8 Å². The molecule has 0 aliphatic carbocycles. The van der Waals surface area contributed by atoms with Crippen LogP contribution >= 0.6 is 11.3 Å². The molecule has 0 unspecified atom stereocenters. The van der Waals surface area contributed by atoms with Crippen LogP contribution in [0.2, 0.25) is 0 Å². The minimum atomic E-state index is 0.691. The standard InChI is InChI=1S/C14H20N2O2S/c1-4-6-17-11-8-10-13(19-14(15-3)16-10)9-12(11)18-7-5-2/h8-9H,4-7H2,1-3H3,(H,15,16). The maximum Gasteiger partial charge on any atom is 0.183 e. The van der Waals surface area contributed by atoms with Gasteiger partial charge in [0.05, 0.1) is 23.4 Å². The SMILES string of the molecule is CCCOc1cc2nc(NC)sc2cc1OCCC. The number of benzene rings is 1. The summed E-state index contributed by atoms with van der Waals surface area (Å²) in [7, 11) is 1.88. The van der Waals surface area contributed by atoms with E-state index in [1.165, 1.54) is 0 Å². The van der Waals surface area contributed by atoms with E-state index < -0.39 is 0 Å². The van der Waals surface area contributed by atoms with Crippen LogP contribution < -0.4 is 14.8 Å². The Kier molecular flexibility index (Phi) is 4.85. The summed E-state index contributed by atoms with van der Waals surface area (Å²) >= 11 is 1.62. The summed E-state index contributed by atoms with van der Waals surface area (Å²) in [5.74, 6) is 1.60. The number of nitrogens with one attached hydrogen (secondary N) is 1. The monoisotopic (exact) mass is 280 g/mol.